The first-order chi connectivity index (χ1) is 19.3. The largest absolute Gasteiger partial charge is 0.315 e. The number of aromatic nitrogens is 6. The minimum Gasteiger partial charge on any atom is -0.315 e. The Labute approximate surface area is 224 Å². The molecule has 0 bridgehead atoms. The van der Waals surface area contributed by atoms with Crippen LogP contribution >= 0.6 is 0 Å². The van der Waals surface area contributed by atoms with Gasteiger partial charge in [-0.25, -0.2) is 15.0 Å². The summed E-state index contributed by atoms with van der Waals surface area (Å²) in [6, 6.07) is 32.5. The Kier molecular flexibility index (Phi) is 4.82. The van der Waals surface area contributed by atoms with Crippen LogP contribution in [0.1, 0.15) is 19.8 Å². The van der Waals surface area contributed by atoms with Gasteiger partial charge in [-0.2, -0.15) is 0 Å². The second-order valence-electron chi connectivity index (χ2n) is 10.1. The van der Waals surface area contributed by atoms with Crippen molar-refractivity contribution < 1.29 is 0 Å². The molecule has 0 atom stereocenters. The van der Waals surface area contributed by atoms with Crippen LogP contribution in [0.2, 0.25) is 0 Å². The molecule has 39 heavy (non-hydrogen) atoms. The zero-order chi connectivity index (χ0) is 25.9. The number of hydrogen-bond acceptors (Lipinski definition) is 3. The van der Waals surface area contributed by atoms with Crippen molar-refractivity contribution in [1.82, 2.24) is 28.7 Å². The summed E-state index contributed by atoms with van der Waals surface area (Å²) in [4.78, 5) is 14.3. The zero-order valence-electron chi connectivity index (χ0n) is 21.6. The van der Waals surface area contributed by atoms with E-state index in [0.29, 0.717) is 0 Å². The van der Waals surface area contributed by atoms with Gasteiger partial charge in [0.15, 0.2) is 17.0 Å². The quantitative estimate of drug-likeness (QED) is 0.239. The van der Waals surface area contributed by atoms with Crippen molar-refractivity contribution in [3.8, 4) is 11.5 Å². The average molecular weight is 507 g/mol. The van der Waals surface area contributed by atoms with Crippen LogP contribution in [0.3, 0.4) is 0 Å². The molecule has 0 saturated heterocycles. The van der Waals surface area contributed by atoms with Gasteiger partial charge < -0.3 is 9.13 Å². The highest BCUT2D eigenvalue weighted by Crippen LogP contribution is 2.39. The van der Waals surface area contributed by atoms with E-state index in [4.69, 9.17) is 9.97 Å². The normalized spacial score (nSPS) is 12.0. The first-order valence-electron chi connectivity index (χ1n) is 13.5. The molecule has 0 fully saturated rings. The molecule has 4 heterocycles. The van der Waals surface area contributed by atoms with Gasteiger partial charge in [0.2, 0.25) is 0 Å². The number of aryl methyl sites for hydroxylation is 1. The van der Waals surface area contributed by atoms with E-state index in [0.717, 1.165) is 58.6 Å². The fourth-order valence-corrected chi connectivity index (χ4v) is 6.04. The fourth-order valence-electron chi connectivity index (χ4n) is 6.04. The number of benzene rings is 4. The van der Waals surface area contributed by atoms with Crippen molar-refractivity contribution in [3.63, 3.8) is 0 Å². The lowest BCUT2D eigenvalue weighted by molar-refractivity contribution is 0.641. The summed E-state index contributed by atoms with van der Waals surface area (Å²) in [5.41, 5.74) is 7.41. The van der Waals surface area contributed by atoms with E-state index in [1.807, 2.05) is 6.33 Å². The van der Waals surface area contributed by atoms with Crippen LogP contribution in [0.4, 0.5) is 0 Å². The summed E-state index contributed by atoms with van der Waals surface area (Å²) in [7, 11) is 0. The number of imidazole rings is 1. The Morgan fingerprint density at radius 1 is 0.615 bits per heavy atom. The molecular formula is C33H26N6. The van der Waals surface area contributed by atoms with Crippen molar-refractivity contribution in [3.05, 3.63) is 104 Å². The Hall–Kier alpha value is -4.97. The molecule has 4 aromatic heterocycles. The Balaban J connectivity index is 1.51. The van der Waals surface area contributed by atoms with Gasteiger partial charge in [-0.1, -0.05) is 67.9 Å². The van der Waals surface area contributed by atoms with Gasteiger partial charge in [-0.3, -0.25) is 4.57 Å². The summed E-state index contributed by atoms with van der Waals surface area (Å²) in [5, 5.41) is 4.88. The van der Waals surface area contributed by atoms with Gasteiger partial charge in [-0.05, 0) is 42.8 Å². The molecule has 4 aromatic carbocycles. The summed E-state index contributed by atoms with van der Waals surface area (Å²) in [5.74, 6) is 0.808. The smallest absolute Gasteiger partial charge is 0.169 e. The number of rotatable bonds is 5. The van der Waals surface area contributed by atoms with E-state index >= 15 is 0 Å². The SMILES string of the molecule is CCCCn1cnc2c(-n3c4ccccc4c4cc5c6ccccc6n(-c6ccccc6)c5cc43)ncnc21. The van der Waals surface area contributed by atoms with Gasteiger partial charge in [0.1, 0.15) is 6.33 Å². The van der Waals surface area contributed by atoms with Crippen LogP contribution in [0, 0.1) is 0 Å². The lowest BCUT2D eigenvalue weighted by Crippen LogP contribution is -2.02. The third-order valence-electron chi connectivity index (χ3n) is 7.83. The molecular weight excluding hydrogens is 480 g/mol. The number of fused-ring (bicyclic) bond motifs is 7. The molecule has 0 amide bonds. The maximum absolute atomic E-state index is 4.82. The molecule has 0 N–H and O–H groups in total. The summed E-state index contributed by atoms with van der Waals surface area (Å²) in [6.07, 6.45) is 5.78. The van der Waals surface area contributed by atoms with Crippen molar-refractivity contribution >= 4 is 54.8 Å². The lowest BCUT2D eigenvalue weighted by Gasteiger charge is -2.10. The number of para-hydroxylation sites is 3. The van der Waals surface area contributed by atoms with Gasteiger partial charge in [-0.15, -0.1) is 0 Å². The Bertz CT molecular complexity index is 2160. The van der Waals surface area contributed by atoms with E-state index < -0.39 is 0 Å². The topological polar surface area (TPSA) is 53.5 Å². The maximum Gasteiger partial charge on any atom is 0.169 e. The second kappa shape index (κ2) is 8.53. The highest BCUT2D eigenvalue weighted by atomic mass is 15.2. The van der Waals surface area contributed by atoms with E-state index in [9.17, 15) is 0 Å². The number of hydrogen-bond donors (Lipinski definition) is 0. The van der Waals surface area contributed by atoms with Crippen LogP contribution in [-0.2, 0) is 6.54 Å². The molecule has 0 aliphatic carbocycles. The minimum absolute atomic E-state index is 0.808. The molecule has 6 nitrogen and oxygen atoms in total. The molecule has 0 aliphatic rings. The van der Waals surface area contributed by atoms with Crippen molar-refractivity contribution in [2.24, 2.45) is 0 Å². The van der Waals surface area contributed by atoms with Gasteiger partial charge in [0.25, 0.3) is 0 Å². The molecule has 6 heteroatoms. The van der Waals surface area contributed by atoms with E-state index in [-0.39, 0.29) is 0 Å². The third kappa shape index (κ3) is 3.18. The standard InChI is InChI=1S/C33H26N6/c1-2-3-17-37-21-36-31-32(37)34-20-35-33(31)39-28-16-10-8-14-24(28)26-18-25-23-13-7-9-15-27(23)38(29(25)19-30(26)39)22-11-5-4-6-12-22/h4-16,18-21H,2-3,17H2,1H3. The second-order valence-corrected chi connectivity index (χ2v) is 10.1. The third-order valence-corrected chi connectivity index (χ3v) is 7.83. The first kappa shape index (κ1) is 22.1. The van der Waals surface area contributed by atoms with Crippen molar-refractivity contribution in [1.29, 1.82) is 0 Å². The van der Waals surface area contributed by atoms with Crippen LogP contribution in [0.25, 0.3) is 66.3 Å². The lowest BCUT2D eigenvalue weighted by atomic mass is 10.1. The summed E-state index contributed by atoms with van der Waals surface area (Å²) in [6.45, 7) is 3.10. The van der Waals surface area contributed by atoms with Crippen LogP contribution < -0.4 is 0 Å². The first-order valence-corrected chi connectivity index (χ1v) is 13.5. The molecule has 0 radical (unpaired) electrons. The van der Waals surface area contributed by atoms with Gasteiger partial charge >= 0.3 is 0 Å². The molecule has 0 spiro atoms. The predicted molar refractivity (Wildman–Crippen MR) is 159 cm³/mol. The van der Waals surface area contributed by atoms with Crippen LogP contribution in [0.15, 0.2) is 104 Å². The molecule has 8 aromatic rings. The predicted octanol–water partition coefficient (Wildman–Crippen LogP) is 7.82. The van der Waals surface area contributed by atoms with Crippen LogP contribution in [-0.4, -0.2) is 28.7 Å². The molecule has 188 valence electrons. The molecule has 0 unspecified atom stereocenters. The van der Waals surface area contributed by atoms with Gasteiger partial charge in [0.05, 0.1) is 28.4 Å². The van der Waals surface area contributed by atoms with Crippen molar-refractivity contribution in [2.75, 3.05) is 0 Å². The zero-order valence-corrected chi connectivity index (χ0v) is 21.6. The maximum atomic E-state index is 4.82. The van der Waals surface area contributed by atoms with Gasteiger partial charge in [0, 0.05) is 33.8 Å². The highest BCUT2D eigenvalue weighted by Gasteiger charge is 2.21. The van der Waals surface area contributed by atoms with Crippen LogP contribution in [0.5, 0.6) is 0 Å². The van der Waals surface area contributed by atoms with E-state index in [1.54, 1.807) is 6.33 Å². The van der Waals surface area contributed by atoms with E-state index in [1.165, 1.54) is 27.1 Å². The fraction of sp³-hybridized carbons (Fsp3) is 0.121. The Morgan fingerprint density at radius 2 is 1.28 bits per heavy atom. The molecule has 8 rings (SSSR count). The van der Waals surface area contributed by atoms with E-state index in [2.05, 4.69) is 117 Å². The Morgan fingerprint density at radius 3 is 2.03 bits per heavy atom. The summed E-state index contributed by atoms with van der Waals surface area (Å²) < 4.78 is 6.77. The number of nitrogens with zero attached hydrogens (tertiary/aromatic N) is 6. The summed E-state index contributed by atoms with van der Waals surface area (Å²) >= 11 is 0. The molecule has 0 saturated carbocycles. The number of unbranched alkanes of at least 4 members (excludes halogenated alkanes) is 1. The average Bonchev–Trinajstić information content (AvgIpc) is 3.65. The minimum atomic E-state index is 0.808. The molecule has 0 aliphatic heterocycles. The monoisotopic (exact) mass is 506 g/mol. The van der Waals surface area contributed by atoms with Crippen molar-refractivity contribution in [2.45, 2.75) is 26.3 Å². The highest BCUT2D eigenvalue weighted by molar-refractivity contribution is 6.19.